The lowest BCUT2D eigenvalue weighted by molar-refractivity contribution is 0.0989. The molecule has 196 valence electrons. The summed E-state index contributed by atoms with van der Waals surface area (Å²) in [6.45, 7) is 9.83. The number of ether oxygens (including phenoxy) is 3. The van der Waals surface area contributed by atoms with Gasteiger partial charge in [0.2, 0.25) is 5.95 Å². The molecule has 0 radical (unpaired) electrons. The van der Waals surface area contributed by atoms with Crippen LogP contribution >= 0.6 is 0 Å². The molecule has 1 atom stereocenters. The van der Waals surface area contributed by atoms with Gasteiger partial charge in [-0.15, -0.1) is 0 Å². The summed E-state index contributed by atoms with van der Waals surface area (Å²) in [6.07, 6.45) is 1.79. The molecule has 1 N–H and O–H groups in total. The van der Waals surface area contributed by atoms with E-state index < -0.39 is 0 Å². The van der Waals surface area contributed by atoms with Crippen LogP contribution in [-0.4, -0.2) is 76.2 Å². The minimum atomic E-state index is 0.306. The molecule has 5 rings (SSSR count). The van der Waals surface area contributed by atoms with Gasteiger partial charge in [-0.2, -0.15) is 4.98 Å². The topological polar surface area (TPSA) is 75.2 Å². The smallest absolute Gasteiger partial charge is 0.229 e. The van der Waals surface area contributed by atoms with E-state index in [2.05, 4.69) is 63.1 Å². The molecule has 0 spiro atoms. The zero-order chi connectivity index (χ0) is 25.8. The zero-order valence-corrected chi connectivity index (χ0v) is 22.1. The molecular weight excluding hydrogens is 468 g/mol. The zero-order valence-electron chi connectivity index (χ0n) is 22.1. The standard InChI is InChI=1S/C28H36N6O3/c1-20-5-6-25(35-4)18-26(20)32(3)27-7-8-29-28(31-27)30-22-15-23(33-9-12-36-13-10-33)17-24(16-22)34-11-14-37-19-21(34)2/h5-8,15-18,21H,9-14,19H2,1-4H3,(H,29,30,31)/t21-/m0/s1. The fourth-order valence-corrected chi connectivity index (χ4v) is 4.87. The molecule has 2 aromatic carbocycles. The fourth-order valence-electron chi connectivity index (χ4n) is 4.87. The van der Waals surface area contributed by atoms with Gasteiger partial charge in [0.05, 0.1) is 33.5 Å². The van der Waals surface area contributed by atoms with Crippen LogP contribution in [0.1, 0.15) is 12.5 Å². The molecule has 2 saturated heterocycles. The third-order valence-electron chi connectivity index (χ3n) is 7.00. The van der Waals surface area contributed by atoms with Crippen molar-refractivity contribution < 1.29 is 14.2 Å². The maximum absolute atomic E-state index is 5.68. The lowest BCUT2D eigenvalue weighted by atomic mass is 10.1. The molecule has 2 aliphatic heterocycles. The van der Waals surface area contributed by atoms with Crippen molar-refractivity contribution >= 4 is 34.5 Å². The maximum atomic E-state index is 5.68. The number of anilines is 6. The monoisotopic (exact) mass is 504 g/mol. The van der Waals surface area contributed by atoms with E-state index in [0.29, 0.717) is 12.0 Å². The highest BCUT2D eigenvalue weighted by atomic mass is 16.5. The van der Waals surface area contributed by atoms with Crippen molar-refractivity contribution in [3.63, 3.8) is 0 Å². The number of aromatic nitrogens is 2. The van der Waals surface area contributed by atoms with Crippen LogP contribution in [0.15, 0.2) is 48.7 Å². The Kier molecular flexibility index (Phi) is 7.62. The number of nitrogens with one attached hydrogen (secondary N) is 1. The van der Waals surface area contributed by atoms with Crippen LogP contribution in [0.3, 0.4) is 0 Å². The van der Waals surface area contributed by atoms with Gasteiger partial charge in [-0.25, -0.2) is 4.98 Å². The van der Waals surface area contributed by atoms with E-state index in [1.54, 1.807) is 13.3 Å². The first-order valence-corrected chi connectivity index (χ1v) is 12.8. The number of rotatable bonds is 7. The maximum Gasteiger partial charge on any atom is 0.229 e. The molecule has 3 heterocycles. The fraction of sp³-hybridized carbons (Fsp3) is 0.429. The van der Waals surface area contributed by atoms with E-state index in [9.17, 15) is 0 Å². The summed E-state index contributed by atoms with van der Waals surface area (Å²) in [5, 5.41) is 3.47. The molecule has 0 amide bonds. The van der Waals surface area contributed by atoms with Gasteiger partial charge in [0.25, 0.3) is 0 Å². The van der Waals surface area contributed by atoms with Crippen molar-refractivity contribution in [1.82, 2.24) is 9.97 Å². The van der Waals surface area contributed by atoms with Crippen molar-refractivity contribution in [3.8, 4) is 5.75 Å². The Morgan fingerprint density at radius 1 is 1.00 bits per heavy atom. The molecule has 37 heavy (non-hydrogen) atoms. The Morgan fingerprint density at radius 2 is 1.78 bits per heavy atom. The predicted molar refractivity (Wildman–Crippen MR) is 148 cm³/mol. The van der Waals surface area contributed by atoms with Crippen LogP contribution in [0, 0.1) is 6.92 Å². The van der Waals surface area contributed by atoms with Crippen molar-refractivity contribution in [1.29, 1.82) is 0 Å². The summed E-state index contributed by atoms with van der Waals surface area (Å²) in [5.74, 6) is 2.15. The van der Waals surface area contributed by atoms with Crippen molar-refractivity contribution in [2.24, 2.45) is 0 Å². The van der Waals surface area contributed by atoms with E-state index in [-0.39, 0.29) is 0 Å². The summed E-state index contributed by atoms with van der Waals surface area (Å²) in [7, 11) is 3.68. The molecule has 2 aliphatic rings. The summed E-state index contributed by atoms with van der Waals surface area (Å²) in [4.78, 5) is 16.2. The first-order valence-electron chi connectivity index (χ1n) is 12.8. The lowest BCUT2D eigenvalue weighted by Crippen LogP contribution is -2.44. The van der Waals surface area contributed by atoms with Crippen molar-refractivity contribution in [2.75, 3.05) is 80.2 Å². The quantitative estimate of drug-likeness (QED) is 0.505. The van der Waals surface area contributed by atoms with E-state index in [1.807, 2.05) is 25.2 Å². The second-order valence-corrected chi connectivity index (χ2v) is 9.53. The van der Waals surface area contributed by atoms with Gasteiger partial charge in [0.1, 0.15) is 11.6 Å². The Morgan fingerprint density at radius 3 is 2.57 bits per heavy atom. The summed E-state index contributed by atoms with van der Waals surface area (Å²) in [5.41, 5.74) is 5.46. The van der Waals surface area contributed by atoms with E-state index in [0.717, 1.165) is 74.6 Å². The third kappa shape index (κ3) is 5.73. The van der Waals surface area contributed by atoms with Gasteiger partial charge in [-0.1, -0.05) is 6.07 Å². The molecular formula is C28H36N6O3. The minimum absolute atomic E-state index is 0.306. The molecule has 0 bridgehead atoms. The highest BCUT2D eigenvalue weighted by molar-refractivity contribution is 5.72. The SMILES string of the molecule is COc1ccc(C)c(N(C)c2ccnc(Nc3cc(N4CCOCC4)cc(N4CCOC[C@@H]4C)c3)n2)c1. The summed E-state index contributed by atoms with van der Waals surface area (Å²) in [6, 6.07) is 14.9. The number of benzene rings is 2. The van der Waals surface area contributed by atoms with Gasteiger partial charge in [0, 0.05) is 67.7 Å². The largest absolute Gasteiger partial charge is 0.497 e. The van der Waals surface area contributed by atoms with Crippen LogP contribution < -0.4 is 24.8 Å². The van der Waals surface area contributed by atoms with Crippen molar-refractivity contribution in [3.05, 3.63) is 54.2 Å². The van der Waals surface area contributed by atoms with Gasteiger partial charge in [-0.05, 0) is 49.7 Å². The van der Waals surface area contributed by atoms with Gasteiger partial charge < -0.3 is 34.2 Å². The normalized spacial score (nSPS) is 18.0. The molecule has 9 heteroatoms. The highest BCUT2D eigenvalue weighted by Crippen LogP contribution is 2.33. The Labute approximate surface area is 219 Å². The van der Waals surface area contributed by atoms with Crippen LogP contribution in [0.2, 0.25) is 0 Å². The number of methoxy groups -OCH3 is 1. The van der Waals surface area contributed by atoms with E-state index >= 15 is 0 Å². The van der Waals surface area contributed by atoms with Crippen LogP contribution in [0.5, 0.6) is 5.75 Å². The van der Waals surface area contributed by atoms with E-state index in [1.165, 1.54) is 11.4 Å². The number of hydrogen-bond donors (Lipinski definition) is 1. The highest BCUT2D eigenvalue weighted by Gasteiger charge is 2.22. The van der Waals surface area contributed by atoms with Gasteiger partial charge in [0.15, 0.2) is 0 Å². The lowest BCUT2D eigenvalue weighted by Gasteiger charge is -2.37. The van der Waals surface area contributed by atoms with Crippen LogP contribution in [0.4, 0.5) is 34.5 Å². The van der Waals surface area contributed by atoms with Crippen LogP contribution in [0.25, 0.3) is 0 Å². The number of nitrogens with zero attached hydrogens (tertiary/aromatic N) is 5. The van der Waals surface area contributed by atoms with E-state index in [4.69, 9.17) is 19.2 Å². The number of morpholine rings is 2. The van der Waals surface area contributed by atoms with Gasteiger partial charge in [-0.3, -0.25) is 0 Å². The second-order valence-electron chi connectivity index (χ2n) is 9.53. The molecule has 0 aliphatic carbocycles. The summed E-state index contributed by atoms with van der Waals surface area (Å²) >= 11 is 0. The molecule has 2 fully saturated rings. The van der Waals surface area contributed by atoms with Crippen LogP contribution in [-0.2, 0) is 9.47 Å². The Hall–Kier alpha value is -3.56. The van der Waals surface area contributed by atoms with Crippen molar-refractivity contribution in [2.45, 2.75) is 19.9 Å². The molecule has 3 aromatic rings. The number of hydrogen-bond acceptors (Lipinski definition) is 9. The molecule has 0 saturated carbocycles. The summed E-state index contributed by atoms with van der Waals surface area (Å²) < 4.78 is 16.7. The predicted octanol–water partition coefficient (Wildman–Crippen LogP) is 4.37. The molecule has 1 aromatic heterocycles. The van der Waals surface area contributed by atoms with Gasteiger partial charge >= 0.3 is 0 Å². The Bertz CT molecular complexity index is 1220. The Balaban J connectivity index is 1.44. The first-order chi connectivity index (χ1) is 18.0. The molecule has 9 nitrogen and oxygen atoms in total. The average molecular weight is 505 g/mol. The number of aryl methyl sites for hydroxylation is 1. The minimum Gasteiger partial charge on any atom is -0.497 e. The first kappa shape index (κ1) is 25.1. The molecule has 0 unspecified atom stereocenters. The average Bonchev–Trinajstić information content (AvgIpc) is 2.93. The second kappa shape index (κ2) is 11.2. The third-order valence-corrected chi connectivity index (χ3v) is 7.00.